The normalized spacial score (nSPS) is 12.2. The first-order valence-electron chi connectivity index (χ1n) is 4.35. The van der Waals surface area contributed by atoms with Crippen molar-refractivity contribution in [2.24, 2.45) is 5.73 Å². The maximum absolute atomic E-state index is 11.1. The van der Waals surface area contributed by atoms with Gasteiger partial charge in [-0.05, 0) is 23.8 Å². The number of aromatic hydroxyl groups is 1. The van der Waals surface area contributed by atoms with Gasteiger partial charge in [0, 0.05) is 11.4 Å². The Kier molecular flexibility index (Phi) is 3.94. The van der Waals surface area contributed by atoms with Crippen LogP contribution in [0.5, 0.6) is 5.75 Å². The fraction of sp³-hybridized carbons (Fsp3) is 0.300. The molecule has 0 saturated carbocycles. The Bertz CT molecular complexity index is 368. The molecule has 4 nitrogen and oxygen atoms in total. The van der Waals surface area contributed by atoms with Gasteiger partial charge in [0.1, 0.15) is 11.8 Å². The summed E-state index contributed by atoms with van der Waals surface area (Å²) >= 11 is 5.75. The Balaban J connectivity index is 2.80. The molecule has 0 aliphatic rings. The van der Waals surface area contributed by atoms with Crippen LogP contribution >= 0.6 is 11.6 Å². The van der Waals surface area contributed by atoms with Crippen molar-refractivity contribution in [3.63, 3.8) is 0 Å². The Labute approximate surface area is 92.6 Å². The Morgan fingerprint density at radius 2 is 2.33 bits per heavy atom. The molecule has 15 heavy (non-hydrogen) atoms. The van der Waals surface area contributed by atoms with Crippen LogP contribution < -0.4 is 5.73 Å². The summed E-state index contributed by atoms with van der Waals surface area (Å²) in [5.41, 5.74) is 6.08. The lowest BCUT2D eigenvalue weighted by Crippen LogP contribution is -2.33. The molecule has 0 radical (unpaired) electrons. The van der Waals surface area contributed by atoms with Crippen LogP contribution in [0.15, 0.2) is 18.2 Å². The minimum Gasteiger partial charge on any atom is -0.508 e. The Morgan fingerprint density at radius 3 is 2.93 bits per heavy atom. The van der Waals surface area contributed by atoms with Crippen LogP contribution in [0.1, 0.15) is 5.56 Å². The molecule has 0 aromatic heterocycles. The highest BCUT2D eigenvalue weighted by atomic mass is 35.5. The molecular weight excluding hydrogens is 218 g/mol. The van der Waals surface area contributed by atoms with Crippen molar-refractivity contribution in [2.75, 3.05) is 7.11 Å². The highest BCUT2D eigenvalue weighted by molar-refractivity contribution is 6.30. The van der Waals surface area contributed by atoms with Crippen molar-refractivity contribution in [1.82, 2.24) is 0 Å². The van der Waals surface area contributed by atoms with Gasteiger partial charge in [-0.15, -0.1) is 0 Å². The van der Waals surface area contributed by atoms with Gasteiger partial charge in [0.05, 0.1) is 7.11 Å². The van der Waals surface area contributed by atoms with Crippen molar-refractivity contribution < 1.29 is 14.6 Å². The predicted octanol–water partition coefficient (Wildman–Crippen LogP) is 1.09. The standard InChI is InChI=1S/C10H12ClNO3/c1-15-10(14)8(12)5-6-4-7(11)2-3-9(6)13/h2-4,8,13H,5,12H2,1H3/t8-/m1/s1. The largest absolute Gasteiger partial charge is 0.508 e. The number of rotatable bonds is 3. The number of nitrogens with two attached hydrogens (primary N) is 1. The second kappa shape index (κ2) is 5.00. The zero-order valence-corrected chi connectivity index (χ0v) is 8.99. The zero-order chi connectivity index (χ0) is 11.4. The van der Waals surface area contributed by atoms with Gasteiger partial charge in [0.2, 0.25) is 0 Å². The van der Waals surface area contributed by atoms with E-state index in [0.717, 1.165) is 0 Å². The third kappa shape index (κ3) is 3.11. The number of benzene rings is 1. The van der Waals surface area contributed by atoms with E-state index >= 15 is 0 Å². The summed E-state index contributed by atoms with van der Waals surface area (Å²) in [6, 6.07) is 3.80. The maximum atomic E-state index is 11.1. The lowest BCUT2D eigenvalue weighted by Gasteiger charge is -2.10. The molecule has 5 heteroatoms. The molecule has 1 aromatic carbocycles. The Morgan fingerprint density at radius 1 is 1.67 bits per heavy atom. The van der Waals surface area contributed by atoms with Gasteiger partial charge in [0.15, 0.2) is 0 Å². The smallest absolute Gasteiger partial charge is 0.322 e. The molecule has 82 valence electrons. The second-order valence-corrected chi connectivity index (χ2v) is 3.54. The molecule has 0 aliphatic heterocycles. The fourth-order valence-corrected chi connectivity index (χ4v) is 1.38. The molecule has 0 bridgehead atoms. The lowest BCUT2D eigenvalue weighted by atomic mass is 10.1. The summed E-state index contributed by atoms with van der Waals surface area (Å²) in [4.78, 5) is 11.1. The van der Waals surface area contributed by atoms with Crippen LogP contribution in [0.25, 0.3) is 0 Å². The molecule has 0 saturated heterocycles. The maximum Gasteiger partial charge on any atom is 0.322 e. The van der Waals surface area contributed by atoms with E-state index in [1.807, 2.05) is 0 Å². The number of esters is 1. The first kappa shape index (κ1) is 11.8. The minimum absolute atomic E-state index is 0.0683. The summed E-state index contributed by atoms with van der Waals surface area (Å²) in [7, 11) is 1.26. The third-order valence-electron chi connectivity index (χ3n) is 1.99. The molecule has 0 aliphatic carbocycles. The van der Waals surface area contributed by atoms with Crippen LogP contribution in [0.4, 0.5) is 0 Å². The molecule has 0 heterocycles. The Hall–Kier alpha value is -1.26. The SMILES string of the molecule is COC(=O)[C@H](N)Cc1cc(Cl)ccc1O. The van der Waals surface area contributed by atoms with E-state index in [1.165, 1.54) is 13.2 Å². The van der Waals surface area contributed by atoms with Gasteiger partial charge >= 0.3 is 5.97 Å². The number of halogens is 1. The van der Waals surface area contributed by atoms with Crippen LogP contribution in [-0.4, -0.2) is 24.2 Å². The second-order valence-electron chi connectivity index (χ2n) is 3.11. The number of phenolic OH excluding ortho intramolecular Hbond substituents is 1. The van der Waals surface area contributed by atoms with Gasteiger partial charge in [-0.25, -0.2) is 0 Å². The van der Waals surface area contributed by atoms with Gasteiger partial charge in [-0.2, -0.15) is 0 Å². The summed E-state index contributed by atoms with van der Waals surface area (Å²) < 4.78 is 4.48. The van der Waals surface area contributed by atoms with Crippen LogP contribution in [0.3, 0.4) is 0 Å². The number of ether oxygens (including phenoxy) is 1. The molecule has 1 aromatic rings. The lowest BCUT2D eigenvalue weighted by molar-refractivity contribution is -0.142. The molecule has 0 amide bonds. The number of carbonyl (C=O) groups excluding carboxylic acids is 1. The van der Waals surface area contributed by atoms with E-state index in [4.69, 9.17) is 17.3 Å². The number of hydrogen-bond donors (Lipinski definition) is 2. The summed E-state index contributed by atoms with van der Waals surface area (Å²) in [5, 5.41) is 9.96. The summed E-state index contributed by atoms with van der Waals surface area (Å²) in [6.07, 6.45) is 0.194. The molecule has 0 spiro atoms. The number of methoxy groups -OCH3 is 1. The van der Waals surface area contributed by atoms with E-state index in [0.29, 0.717) is 10.6 Å². The van der Waals surface area contributed by atoms with E-state index in [1.54, 1.807) is 12.1 Å². The highest BCUT2D eigenvalue weighted by Gasteiger charge is 2.16. The highest BCUT2D eigenvalue weighted by Crippen LogP contribution is 2.22. The first-order chi connectivity index (χ1) is 7.04. The van der Waals surface area contributed by atoms with E-state index in [9.17, 15) is 9.90 Å². The monoisotopic (exact) mass is 229 g/mol. The number of phenols is 1. The summed E-state index contributed by atoms with van der Waals surface area (Å²) in [6.45, 7) is 0. The first-order valence-corrected chi connectivity index (χ1v) is 4.73. The zero-order valence-electron chi connectivity index (χ0n) is 8.24. The predicted molar refractivity (Wildman–Crippen MR) is 56.8 cm³/mol. The van der Waals surface area contributed by atoms with Gasteiger partial charge in [-0.1, -0.05) is 11.6 Å². The molecule has 1 atom stereocenters. The number of carbonyl (C=O) groups is 1. The van der Waals surface area contributed by atoms with Gasteiger partial charge in [-0.3, -0.25) is 4.79 Å². The van der Waals surface area contributed by atoms with Crippen molar-refractivity contribution in [3.05, 3.63) is 28.8 Å². The molecule has 0 fully saturated rings. The van der Waals surface area contributed by atoms with E-state index in [2.05, 4.69) is 4.74 Å². The quantitative estimate of drug-likeness (QED) is 0.761. The summed E-state index contributed by atoms with van der Waals surface area (Å²) in [5.74, 6) is -0.451. The topological polar surface area (TPSA) is 72.5 Å². The van der Waals surface area contributed by atoms with Crippen LogP contribution in [0.2, 0.25) is 5.02 Å². The molecular formula is C10H12ClNO3. The fourth-order valence-electron chi connectivity index (χ4n) is 1.19. The van der Waals surface area contributed by atoms with Crippen molar-refractivity contribution in [3.8, 4) is 5.75 Å². The van der Waals surface area contributed by atoms with Crippen molar-refractivity contribution >= 4 is 17.6 Å². The van der Waals surface area contributed by atoms with E-state index < -0.39 is 12.0 Å². The van der Waals surface area contributed by atoms with Gasteiger partial charge in [0.25, 0.3) is 0 Å². The minimum atomic E-state index is -0.792. The third-order valence-corrected chi connectivity index (χ3v) is 2.22. The molecule has 3 N–H and O–H groups in total. The van der Waals surface area contributed by atoms with Crippen LogP contribution in [0, 0.1) is 0 Å². The van der Waals surface area contributed by atoms with Crippen molar-refractivity contribution in [1.29, 1.82) is 0 Å². The van der Waals surface area contributed by atoms with E-state index in [-0.39, 0.29) is 12.2 Å². The van der Waals surface area contributed by atoms with Crippen LogP contribution in [-0.2, 0) is 16.0 Å². The number of hydrogen-bond acceptors (Lipinski definition) is 4. The molecule has 1 rings (SSSR count). The molecule has 0 unspecified atom stereocenters. The average molecular weight is 230 g/mol. The average Bonchev–Trinajstić information content (AvgIpc) is 2.22. The van der Waals surface area contributed by atoms with Gasteiger partial charge < -0.3 is 15.6 Å². The van der Waals surface area contributed by atoms with Crippen molar-refractivity contribution in [2.45, 2.75) is 12.5 Å².